The van der Waals surface area contributed by atoms with Gasteiger partial charge in [-0.3, -0.25) is 9.48 Å². The van der Waals surface area contributed by atoms with Gasteiger partial charge in [-0.05, 0) is 23.8 Å². The van der Waals surface area contributed by atoms with Gasteiger partial charge in [0.05, 0.1) is 31.7 Å². The van der Waals surface area contributed by atoms with Gasteiger partial charge in [0.15, 0.2) is 5.82 Å². The number of aromatic nitrogens is 4. The van der Waals surface area contributed by atoms with Crippen LogP contribution in [0.3, 0.4) is 0 Å². The summed E-state index contributed by atoms with van der Waals surface area (Å²) in [4.78, 5) is 12.3. The highest BCUT2D eigenvalue weighted by molar-refractivity contribution is 6.04. The van der Waals surface area contributed by atoms with E-state index in [9.17, 15) is 4.79 Å². The van der Waals surface area contributed by atoms with Crippen molar-refractivity contribution in [1.29, 1.82) is 0 Å². The van der Waals surface area contributed by atoms with Crippen LogP contribution in [0.5, 0.6) is 5.75 Å². The number of benzene rings is 1. The number of methoxy groups -OCH3 is 1. The molecule has 0 fully saturated rings. The molecule has 0 aliphatic heterocycles. The molecule has 0 bridgehead atoms. The topological polar surface area (TPSA) is 108 Å². The minimum Gasteiger partial charge on any atom is -0.497 e. The van der Waals surface area contributed by atoms with E-state index >= 15 is 0 Å². The van der Waals surface area contributed by atoms with Crippen molar-refractivity contribution in [3.8, 4) is 17.0 Å². The largest absolute Gasteiger partial charge is 0.497 e. The highest BCUT2D eigenvalue weighted by Crippen LogP contribution is 2.28. The summed E-state index contributed by atoms with van der Waals surface area (Å²) in [5.74, 6) is 0.637. The fraction of sp³-hybridized carbons (Fsp3) is 0.176. The SMILES string of the molecule is CNC(=O)c1c(N)nn(Cc2ccc(OC)cc2)c1-c1ccnnc1. The first kappa shape index (κ1) is 16.4. The monoisotopic (exact) mass is 338 g/mol. The quantitative estimate of drug-likeness (QED) is 0.727. The summed E-state index contributed by atoms with van der Waals surface area (Å²) >= 11 is 0. The summed E-state index contributed by atoms with van der Waals surface area (Å²) in [5.41, 5.74) is 8.64. The van der Waals surface area contributed by atoms with Crippen molar-refractivity contribution in [3.63, 3.8) is 0 Å². The molecule has 8 heteroatoms. The predicted molar refractivity (Wildman–Crippen MR) is 93.2 cm³/mol. The molecular formula is C17H18N6O2. The Balaban J connectivity index is 2.08. The fourth-order valence-electron chi connectivity index (χ4n) is 2.57. The lowest BCUT2D eigenvalue weighted by Crippen LogP contribution is -2.19. The maximum Gasteiger partial charge on any atom is 0.257 e. The van der Waals surface area contributed by atoms with E-state index in [2.05, 4.69) is 20.6 Å². The molecule has 0 atom stereocenters. The molecule has 0 aliphatic rings. The van der Waals surface area contributed by atoms with E-state index in [1.54, 1.807) is 37.3 Å². The summed E-state index contributed by atoms with van der Waals surface area (Å²) < 4.78 is 6.86. The first-order chi connectivity index (χ1) is 12.1. The molecule has 0 unspecified atom stereocenters. The third kappa shape index (κ3) is 3.27. The Morgan fingerprint density at radius 1 is 1.24 bits per heavy atom. The van der Waals surface area contributed by atoms with Crippen LogP contribution in [-0.4, -0.2) is 40.0 Å². The second kappa shape index (κ2) is 7.00. The number of hydrogen-bond donors (Lipinski definition) is 2. The second-order valence-corrected chi connectivity index (χ2v) is 5.32. The highest BCUT2D eigenvalue weighted by atomic mass is 16.5. The van der Waals surface area contributed by atoms with E-state index in [-0.39, 0.29) is 11.7 Å². The number of nitrogens with two attached hydrogens (primary N) is 1. The standard InChI is InChI=1S/C17H18N6O2/c1-19-17(24)14-15(12-7-8-20-21-9-12)23(22-16(14)18)10-11-3-5-13(25-2)6-4-11/h3-9H,10H2,1-2H3,(H2,18,22)(H,19,24). The van der Waals surface area contributed by atoms with Gasteiger partial charge >= 0.3 is 0 Å². The van der Waals surface area contributed by atoms with Gasteiger partial charge in [-0.2, -0.15) is 15.3 Å². The van der Waals surface area contributed by atoms with Crippen LogP contribution in [0.25, 0.3) is 11.3 Å². The van der Waals surface area contributed by atoms with Crippen LogP contribution in [0.4, 0.5) is 5.82 Å². The van der Waals surface area contributed by atoms with E-state index in [1.807, 2.05) is 24.3 Å². The average molecular weight is 338 g/mol. The van der Waals surface area contributed by atoms with Crippen LogP contribution in [0.2, 0.25) is 0 Å². The Morgan fingerprint density at radius 3 is 2.60 bits per heavy atom. The summed E-state index contributed by atoms with van der Waals surface area (Å²) in [7, 11) is 3.17. The molecular weight excluding hydrogens is 320 g/mol. The Bertz CT molecular complexity index is 874. The van der Waals surface area contributed by atoms with Gasteiger partial charge in [0.25, 0.3) is 5.91 Å². The molecule has 3 rings (SSSR count). The van der Waals surface area contributed by atoms with Crippen LogP contribution in [0.15, 0.2) is 42.7 Å². The molecule has 8 nitrogen and oxygen atoms in total. The summed E-state index contributed by atoms with van der Waals surface area (Å²) in [6, 6.07) is 9.38. The summed E-state index contributed by atoms with van der Waals surface area (Å²) in [6.07, 6.45) is 3.14. The molecule has 25 heavy (non-hydrogen) atoms. The minimum absolute atomic E-state index is 0.166. The maximum absolute atomic E-state index is 12.3. The van der Waals surface area contributed by atoms with E-state index < -0.39 is 0 Å². The number of carbonyl (C=O) groups is 1. The number of amides is 1. The average Bonchev–Trinajstić information content (AvgIpc) is 2.98. The molecule has 0 aliphatic carbocycles. The van der Waals surface area contributed by atoms with Crippen molar-refractivity contribution in [1.82, 2.24) is 25.3 Å². The van der Waals surface area contributed by atoms with Gasteiger partial charge in [0.2, 0.25) is 0 Å². The first-order valence-electron chi connectivity index (χ1n) is 7.62. The zero-order valence-corrected chi connectivity index (χ0v) is 13.9. The van der Waals surface area contributed by atoms with E-state index in [4.69, 9.17) is 10.5 Å². The van der Waals surface area contributed by atoms with Gasteiger partial charge < -0.3 is 15.8 Å². The molecule has 1 aromatic carbocycles. The van der Waals surface area contributed by atoms with Crippen LogP contribution in [0.1, 0.15) is 15.9 Å². The number of nitrogens with one attached hydrogen (secondary N) is 1. The molecule has 3 aromatic rings. The van der Waals surface area contributed by atoms with Crippen LogP contribution < -0.4 is 15.8 Å². The van der Waals surface area contributed by atoms with Crippen LogP contribution in [-0.2, 0) is 6.54 Å². The Labute approximate surface area is 144 Å². The normalized spacial score (nSPS) is 10.5. The number of hydrogen-bond acceptors (Lipinski definition) is 6. The zero-order chi connectivity index (χ0) is 17.8. The minimum atomic E-state index is -0.301. The van der Waals surface area contributed by atoms with E-state index in [1.165, 1.54) is 0 Å². The molecule has 3 N–H and O–H groups in total. The van der Waals surface area contributed by atoms with Crippen LogP contribution in [0, 0.1) is 0 Å². The second-order valence-electron chi connectivity index (χ2n) is 5.32. The Kier molecular flexibility index (Phi) is 4.60. The van der Waals surface area contributed by atoms with Crippen LogP contribution >= 0.6 is 0 Å². The van der Waals surface area contributed by atoms with Crippen molar-refractivity contribution < 1.29 is 9.53 Å². The lowest BCUT2D eigenvalue weighted by Gasteiger charge is -2.09. The highest BCUT2D eigenvalue weighted by Gasteiger charge is 2.23. The smallest absolute Gasteiger partial charge is 0.257 e. The Hall–Kier alpha value is -3.42. The van der Waals surface area contributed by atoms with Crippen molar-refractivity contribution in [2.75, 3.05) is 19.9 Å². The molecule has 1 amide bonds. The molecule has 0 radical (unpaired) electrons. The fourth-order valence-corrected chi connectivity index (χ4v) is 2.57. The van der Waals surface area contributed by atoms with Crippen molar-refractivity contribution in [2.45, 2.75) is 6.54 Å². The van der Waals surface area contributed by atoms with Crippen molar-refractivity contribution in [3.05, 3.63) is 53.9 Å². The third-order valence-electron chi connectivity index (χ3n) is 3.78. The van der Waals surface area contributed by atoms with E-state index in [0.717, 1.165) is 11.3 Å². The van der Waals surface area contributed by atoms with Crippen molar-refractivity contribution in [2.24, 2.45) is 0 Å². The van der Waals surface area contributed by atoms with Gasteiger partial charge in [0.1, 0.15) is 11.3 Å². The predicted octanol–water partition coefficient (Wildman–Crippen LogP) is 1.34. The van der Waals surface area contributed by atoms with Gasteiger partial charge in [0, 0.05) is 12.6 Å². The zero-order valence-electron chi connectivity index (χ0n) is 13.9. The van der Waals surface area contributed by atoms with Gasteiger partial charge in [-0.15, -0.1) is 0 Å². The van der Waals surface area contributed by atoms with E-state index in [0.29, 0.717) is 23.4 Å². The molecule has 128 valence electrons. The molecule has 2 aromatic heterocycles. The lowest BCUT2D eigenvalue weighted by molar-refractivity contribution is 0.0964. The number of nitrogens with zero attached hydrogens (tertiary/aromatic N) is 4. The molecule has 0 saturated heterocycles. The number of anilines is 1. The van der Waals surface area contributed by atoms with Crippen molar-refractivity contribution >= 4 is 11.7 Å². The maximum atomic E-state index is 12.3. The summed E-state index contributed by atoms with van der Waals surface area (Å²) in [5, 5.41) is 14.6. The molecule has 0 saturated carbocycles. The number of nitrogen functional groups attached to an aromatic ring is 1. The van der Waals surface area contributed by atoms with Gasteiger partial charge in [-0.1, -0.05) is 12.1 Å². The first-order valence-corrected chi connectivity index (χ1v) is 7.62. The number of rotatable bonds is 5. The molecule has 0 spiro atoms. The lowest BCUT2D eigenvalue weighted by atomic mass is 10.1. The molecule has 2 heterocycles. The number of ether oxygens (including phenoxy) is 1. The third-order valence-corrected chi connectivity index (χ3v) is 3.78. The summed E-state index contributed by atoms with van der Waals surface area (Å²) in [6.45, 7) is 0.447. The number of carbonyl (C=O) groups excluding carboxylic acids is 1. The van der Waals surface area contributed by atoms with Gasteiger partial charge in [-0.25, -0.2) is 0 Å². The Morgan fingerprint density at radius 2 is 2.00 bits per heavy atom.